The fraction of sp³-hybridized carbons (Fsp3) is 0.308. The third-order valence-corrected chi connectivity index (χ3v) is 5.58. The van der Waals surface area contributed by atoms with Gasteiger partial charge in [-0.05, 0) is 18.1 Å². The van der Waals surface area contributed by atoms with Crippen molar-refractivity contribution >= 4 is 38.0 Å². The molecule has 1 amide bonds. The average molecular weight is 373 g/mol. The largest absolute Gasteiger partial charge is 0.450 e. The lowest BCUT2D eigenvalue weighted by molar-refractivity contribution is 0.0976. The van der Waals surface area contributed by atoms with Crippen LogP contribution in [0.15, 0.2) is 33.2 Å². The van der Waals surface area contributed by atoms with Gasteiger partial charge in [0.1, 0.15) is 0 Å². The van der Waals surface area contributed by atoms with Crippen molar-refractivity contribution in [2.45, 2.75) is 19.0 Å². The maximum atomic E-state index is 12.1. The minimum absolute atomic E-state index is 0.0559. The molecule has 3 nitrogen and oxygen atoms in total. The highest BCUT2D eigenvalue weighted by atomic mass is 79.9. The summed E-state index contributed by atoms with van der Waals surface area (Å²) in [6, 6.07) is 8.01. The van der Waals surface area contributed by atoms with E-state index in [0.29, 0.717) is 6.61 Å². The molecule has 0 aromatic heterocycles. The van der Waals surface area contributed by atoms with Gasteiger partial charge in [0.05, 0.1) is 18.7 Å². The van der Waals surface area contributed by atoms with Gasteiger partial charge in [-0.15, -0.1) is 0 Å². The summed E-state index contributed by atoms with van der Waals surface area (Å²) in [5.41, 5.74) is 2.34. The van der Waals surface area contributed by atoms with Crippen LogP contribution in [0.1, 0.15) is 30.1 Å². The lowest BCUT2D eigenvalue weighted by atomic mass is 9.97. The Hall–Kier alpha value is -0.810. The van der Waals surface area contributed by atoms with E-state index in [2.05, 4.69) is 44.0 Å². The SMILES string of the molecule is CCOC(=O)N1[C@@H]2C(Br)=C(Br)[C@H]1c1ccccc12. The van der Waals surface area contributed by atoms with Crippen LogP contribution in [0.5, 0.6) is 0 Å². The highest BCUT2D eigenvalue weighted by molar-refractivity contribution is 9.14. The molecule has 94 valence electrons. The molecule has 2 aliphatic heterocycles. The van der Waals surface area contributed by atoms with Gasteiger partial charge in [0.2, 0.25) is 0 Å². The van der Waals surface area contributed by atoms with Gasteiger partial charge < -0.3 is 4.74 Å². The van der Waals surface area contributed by atoms with Crippen LogP contribution >= 0.6 is 31.9 Å². The molecule has 5 heteroatoms. The predicted octanol–water partition coefficient (Wildman–Crippen LogP) is 4.26. The van der Waals surface area contributed by atoms with Gasteiger partial charge in [-0.1, -0.05) is 56.1 Å². The zero-order valence-electron chi connectivity index (χ0n) is 9.69. The number of carbonyl (C=O) groups excluding carboxylic acids is 1. The quantitative estimate of drug-likeness (QED) is 0.737. The van der Waals surface area contributed by atoms with E-state index in [1.165, 1.54) is 11.1 Å². The number of hydrogen-bond donors (Lipinski definition) is 0. The van der Waals surface area contributed by atoms with Gasteiger partial charge in [-0.2, -0.15) is 0 Å². The number of fused-ring (bicyclic) bond motifs is 5. The van der Waals surface area contributed by atoms with E-state index in [4.69, 9.17) is 4.74 Å². The average Bonchev–Trinajstić information content (AvgIpc) is 2.83. The van der Waals surface area contributed by atoms with E-state index in [0.717, 1.165) is 8.96 Å². The number of nitrogens with zero attached hydrogens (tertiary/aromatic N) is 1. The van der Waals surface area contributed by atoms with E-state index in [-0.39, 0.29) is 18.2 Å². The van der Waals surface area contributed by atoms with E-state index in [9.17, 15) is 4.79 Å². The summed E-state index contributed by atoms with van der Waals surface area (Å²) in [4.78, 5) is 13.9. The Kier molecular flexibility index (Phi) is 2.98. The summed E-state index contributed by atoms with van der Waals surface area (Å²) in [7, 11) is 0. The summed E-state index contributed by atoms with van der Waals surface area (Å²) in [6.07, 6.45) is -0.268. The molecule has 18 heavy (non-hydrogen) atoms. The summed E-state index contributed by atoms with van der Waals surface area (Å²) in [6.45, 7) is 2.21. The van der Waals surface area contributed by atoms with Crippen molar-refractivity contribution in [3.8, 4) is 0 Å². The number of benzene rings is 1. The van der Waals surface area contributed by atoms with E-state index in [1.54, 1.807) is 4.90 Å². The zero-order chi connectivity index (χ0) is 12.9. The number of hydrogen-bond acceptors (Lipinski definition) is 2. The number of carbonyl (C=O) groups is 1. The van der Waals surface area contributed by atoms with Crippen LogP contribution in [0, 0.1) is 0 Å². The van der Waals surface area contributed by atoms with Crippen molar-refractivity contribution in [1.29, 1.82) is 0 Å². The van der Waals surface area contributed by atoms with Crippen molar-refractivity contribution in [2.24, 2.45) is 0 Å². The lowest BCUT2D eigenvalue weighted by Gasteiger charge is -2.22. The number of amides is 1. The van der Waals surface area contributed by atoms with Crippen LogP contribution in [0.4, 0.5) is 4.79 Å². The molecule has 2 atom stereocenters. The first-order chi connectivity index (χ1) is 8.66. The molecule has 0 saturated heterocycles. The fourth-order valence-corrected chi connectivity index (χ4v) is 4.01. The van der Waals surface area contributed by atoms with E-state index in [1.807, 2.05) is 19.1 Å². The van der Waals surface area contributed by atoms with Crippen LogP contribution in [0.3, 0.4) is 0 Å². The fourth-order valence-electron chi connectivity index (χ4n) is 2.65. The van der Waals surface area contributed by atoms with Crippen LogP contribution in [0.25, 0.3) is 0 Å². The summed E-state index contributed by atoms with van der Waals surface area (Å²) >= 11 is 7.15. The first-order valence-corrected chi connectivity index (χ1v) is 7.34. The van der Waals surface area contributed by atoms with Gasteiger partial charge in [-0.25, -0.2) is 4.79 Å². The van der Waals surface area contributed by atoms with Crippen molar-refractivity contribution in [1.82, 2.24) is 4.90 Å². The Morgan fingerprint density at radius 2 is 1.72 bits per heavy atom. The molecule has 3 rings (SSSR count). The van der Waals surface area contributed by atoms with Crippen molar-refractivity contribution in [3.05, 3.63) is 44.4 Å². The minimum Gasteiger partial charge on any atom is -0.450 e. The van der Waals surface area contributed by atoms with Crippen LogP contribution in [-0.2, 0) is 4.74 Å². The van der Waals surface area contributed by atoms with Gasteiger partial charge >= 0.3 is 6.09 Å². The minimum atomic E-state index is -0.268. The maximum Gasteiger partial charge on any atom is 0.411 e. The first kappa shape index (κ1) is 12.2. The molecule has 2 heterocycles. The molecule has 0 unspecified atom stereocenters. The molecule has 1 aromatic carbocycles. The van der Waals surface area contributed by atoms with Gasteiger partial charge in [0, 0.05) is 8.96 Å². The first-order valence-electron chi connectivity index (χ1n) is 5.75. The smallest absolute Gasteiger partial charge is 0.411 e. The monoisotopic (exact) mass is 371 g/mol. The zero-order valence-corrected chi connectivity index (χ0v) is 12.9. The Labute approximate surface area is 122 Å². The summed E-state index contributed by atoms with van der Waals surface area (Å²) < 4.78 is 7.18. The normalized spacial score (nSPS) is 24.5. The highest BCUT2D eigenvalue weighted by Gasteiger charge is 2.51. The van der Waals surface area contributed by atoms with E-state index < -0.39 is 0 Å². The van der Waals surface area contributed by atoms with Gasteiger partial charge in [0.25, 0.3) is 0 Å². The molecule has 1 aromatic rings. The van der Waals surface area contributed by atoms with Crippen molar-refractivity contribution in [3.63, 3.8) is 0 Å². The molecular weight excluding hydrogens is 362 g/mol. The molecule has 0 spiro atoms. The van der Waals surface area contributed by atoms with E-state index >= 15 is 0 Å². The van der Waals surface area contributed by atoms with Crippen molar-refractivity contribution in [2.75, 3.05) is 6.61 Å². The molecule has 2 aliphatic rings. The number of rotatable bonds is 1. The standard InChI is InChI=1S/C13H11Br2NO2/c1-2-18-13(17)16-11-7-5-3-4-6-8(7)12(16)10(15)9(11)14/h3-6,11-12H,2H2,1H3/t11-,12+. The third-order valence-electron chi connectivity index (χ3n) is 3.33. The van der Waals surface area contributed by atoms with Crippen molar-refractivity contribution < 1.29 is 9.53 Å². The molecular formula is C13H11Br2NO2. The van der Waals surface area contributed by atoms with Crippen LogP contribution in [0.2, 0.25) is 0 Å². The lowest BCUT2D eigenvalue weighted by Crippen LogP contribution is -2.29. The molecule has 0 radical (unpaired) electrons. The number of ether oxygens (including phenoxy) is 1. The Balaban J connectivity index is 2.07. The Morgan fingerprint density at radius 1 is 1.22 bits per heavy atom. The van der Waals surface area contributed by atoms with Crippen LogP contribution < -0.4 is 0 Å². The molecule has 0 fully saturated rings. The number of halogens is 2. The molecule has 2 bridgehead atoms. The van der Waals surface area contributed by atoms with Gasteiger partial charge in [0.15, 0.2) is 0 Å². The second kappa shape index (κ2) is 4.38. The second-order valence-corrected chi connectivity index (χ2v) is 5.94. The third kappa shape index (κ3) is 1.50. The Morgan fingerprint density at radius 3 is 2.17 bits per heavy atom. The molecule has 0 N–H and O–H groups in total. The van der Waals surface area contributed by atoms with Crippen LogP contribution in [-0.4, -0.2) is 17.6 Å². The van der Waals surface area contributed by atoms with Gasteiger partial charge in [-0.3, -0.25) is 4.90 Å². The topological polar surface area (TPSA) is 29.5 Å². The highest BCUT2D eigenvalue weighted by Crippen LogP contribution is 2.59. The Bertz CT molecular complexity index is 517. The summed E-state index contributed by atoms with van der Waals surface area (Å²) in [5, 5.41) is 0. The summed E-state index contributed by atoms with van der Waals surface area (Å²) in [5.74, 6) is 0. The predicted molar refractivity (Wildman–Crippen MR) is 75.7 cm³/mol. The molecule has 0 aliphatic carbocycles. The molecule has 0 saturated carbocycles. The maximum absolute atomic E-state index is 12.1. The second-order valence-electron chi connectivity index (χ2n) is 4.24.